The highest BCUT2D eigenvalue weighted by atomic mass is 31.2. The van der Waals surface area contributed by atoms with E-state index in [1.165, 1.54) is 122 Å². The fraction of sp³-hybridized carbons (Fsp3) is 0.909. The van der Waals surface area contributed by atoms with Crippen molar-refractivity contribution < 1.29 is 47.8 Å². The van der Waals surface area contributed by atoms with Crippen molar-refractivity contribution in [3.05, 3.63) is 12.2 Å². The summed E-state index contributed by atoms with van der Waals surface area (Å²) in [6, 6.07) is 0. The number of ether oxygens (including phenoxy) is 2. The molecule has 0 saturated heterocycles. The van der Waals surface area contributed by atoms with Gasteiger partial charge in [-0.25, -0.2) is 4.57 Å². The lowest BCUT2D eigenvalue weighted by Crippen LogP contribution is -2.29. The van der Waals surface area contributed by atoms with Crippen molar-refractivity contribution in [3.8, 4) is 0 Å². The van der Waals surface area contributed by atoms with E-state index in [1.807, 2.05) is 0 Å². The molecule has 55 heavy (non-hydrogen) atoms. The molecule has 0 saturated carbocycles. The average Bonchev–Trinajstić information content (AvgIpc) is 3.17. The quantitative estimate of drug-likeness (QED) is 0.0235. The standard InChI is InChI=1S/C44H85O10P/c1-3-5-7-9-11-13-15-17-18-19-20-21-22-24-25-27-29-31-33-35-43(47)51-39-42(40-53-55(49,50)52-38-41(46)37-45)54-44(48)36-34-32-30-28-26-23-16-14-12-10-8-6-4-2/h14,16,41-42,45-46H,3-13,15,17-40H2,1-2H3,(H,49,50)/b16-14-. The summed E-state index contributed by atoms with van der Waals surface area (Å²) in [4.78, 5) is 35.0. The van der Waals surface area contributed by atoms with Crippen LogP contribution in [0.15, 0.2) is 12.2 Å². The minimum Gasteiger partial charge on any atom is -0.462 e. The van der Waals surface area contributed by atoms with Gasteiger partial charge in [0.25, 0.3) is 0 Å². The Kier molecular flexibility index (Phi) is 39.9. The van der Waals surface area contributed by atoms with Crippen molar-refractivity contribution in [1.82, 2.24) is 0 Å². The number of hydrogen-bond donors (Lipinski definition) is 3. The summed E-state index contributed by atoms with van der Waals surface area (Å²) in [6.07, 6.45) is 38.9. The lowest BCUT2D eigenvalue weighted by molar-refractivity contribution is -0.161. The molecule has 0 bridgehead atoms. The van der Waals surface area contributed by atoms with Crippen molar-refractivity contribution >= 4 is 19.8 Å². The Morgan fingerprint density at radius 3 is 1.33 bits per heavy atom. The van der Waals surface area contributed by atoms with Gasteiger partial charge in [-0.05, 0) is 38.5 Å². The van der Waals surface area contributed by atoms with Gasteiger partial charge in [-0.2, -0.15) is 0 Å². The second-order valence-electron chi connectivity index (χ2n) is 15.4. The second kappa shape index (κ2) is 40.9. The number of hydrogen-bond acceptors (Lipinski definition) is 9. The second-order valence-corrected chi connectivity index (χ2v) is 16.9. The molecule has 326 valence electrons. The van der Waals surface area contributed by atoms with Gasteiger partial charge in [-0.1, -0.05) is 180 Å². The summed E-state index contributed by atoms with van der Waals surface area (Å²) in [6.45, 7) is 2.39. The number of aliphatic hydroxyl groups is 2. The normalized spacial score (nSPS) is 13.9. The van der Waals surface area contributed by atoms with Crippen LogP contribution in [0.25, 0.3) is 0 Å². The van der Waals surface area contributed by atoms with E-state index in [1.54, 1.807) is 0 Å². The third-order valence-corrected chi connectivity index (χ3v) is 10.9. The Morgan fingerprint density at radius 2 is 0.891 bits per heavy atom. The number of aliphatic hydroxyl groups excluding tert-OH is 2. The average molecular weight is 805 g/mol. The van der Waals surface area contributed by atoms with Crippen LogP contribution in [0.4, 0.5) is 0 Å². The molecule has 0 heterocycles. The van der Waals surface area contributed by atoms with Crippen LogP contribution in [0.1, 0.15) is 219 Å². The van der Waals surface area contributed by atoms with Crippen molar-refractivity contribution in [2.45, 2.75) is 232 Å². The van der Waals surface area contributed by atoms with E-state index in [9.17, 15) is 24.2 Å². The number of allylic oxidation sites excluding steroid dienone is 2. The number of phosphoric ester groups is 1. The maximum atomic E-state index is 12.6. The Morgan fingerprint density at radius 1 is 0.527 bits per heavy atom. The van der Waals surface area contributed by atoms with E-state index in [0.29, 0.717) is 12.8 Å². The highest BCUT2D eigenvalue weighted by Crippen LogP contribution is 2.43. The van der Waals surface area contributed by atoms with Crippen LogP contribution in [0.2, 0.25) is 0 Å². The van der Waals surface area contributed by atoms with Crippen LogP contribution in [0.3, 0.4) is 0 Å². The molecule has 3 unspecified atom stereocenters. The first-order chi connectivity index (χ1) is 26.7. The highest BCUT2D eigenvalue weighted by Gasteiger charge is 2.27. The molecular weight excluding hydrogens is 719 g/mol. The molecule has 0 aromatic carbocycles. The van der Waals surface area contributed by atoms with Crippen molar-refractivity contribution in [1.29, 1.82) is 0 Å². The third-order valence-electron chi connectivity index (χ3n) is 9.92. The van der Waals surface area contributed by atoms with Gasteiger partial charge >= 0.3 is 19.8 Å². The number of unbranched alkanes of at least 4 members (excludes halogenated alkanes) is 27. The molecule has 3 N–H and O–H groups in total. The minimum atomic E-state index is -4.61. The first-order valence-electron chi connectivity index (χ1n) is 22.6. The van der Waals surface area contributed by atoms with Gasteiger partial charge in [0, 0.05) is 12.8 Å². The third kappa shape index (κ3) is 40.7. The van der Waals surface area contributed by atoms with Gasteiger partial charge in [-0.3, -0.25) is 18.6 Å². The van der Waals surface area contributed by atoms with E-state index in [4.69, 9.17) is 23.6 Å². The molecule has 0 radical (unpaired) electrons. The lowest BCUT2D eigenvalue weighted by Gasteiger charge is -2.20. The molecular formula is C44H85O10P. The van der Waals surface area contributed by atoms with Crippen LogP contribution < -0.4 is 0 Å². The number of carbonyl (C=O) groups excluding carboxylic acids is 2. The molecule has 0 aliphatic rings. The van der Waals surface area contributed by atoms with Crippen molar-refractivity contribution in [3.63, 3.8) is 0 Å². The summed E-state index contributed by atoms with van der Waals surface area (Å²) in [5.74, 6) is -0.923. The van der Waals surface area contributed by atoms with E-state index in [0.717, 1.165) is 57.8 Å². The molecule has 0 rings (SSSR count). The summed E-state index contributed by atoms with van der Waals surface area (Å²) >= 11 is 0. The van der Waals surface area contributed by atoms with Gasteiger partial charge in [-0.15, -0.1) is 0 Å². The molecule has 0 spiro atoms. The largest absolute Gasteiger partial charge is 0.472 e. The predicted molar refractivity (Wildman–Crippen MR) is 224 cm³/mol. The molecule has 0 aliphatic carbocycles. The van der Waals surface area contributed by atoms with E-state index >= 15 is 0 Å². The summed E-state index contributed by atoms with van der Waals surface area (Å²) in [5, 5.41) is 18.3. The predicted octanol–water partition coefficient (Wildman–Crippen LogP) is 12.0. The summed E-state index contributed by atoms with van der Waals surface area (Å²) in [5.41, 5.74) is 0. The maximum Gasteiger partial charge on any atom is 0.472 e. The van der Waals surface area contributed by atoms with Crippen LogP contribution in [0.5, 0.6) is 0 Å². The number of carbonyl (C=O) groups is 2. The van der Waals surface area contributed by atoms with Crippen LogP contribution in [-0.2, 0) is 32.7 Å². The van der Waals surface area contributed by atoms with Gasteiger partial charge in [0.05, 0.1) is 19.8 Å². The van der Waals surface area contributed by atoms with E-state index in [-0.39, 0.29) is 19.4 Å². The zero-order valence-electron chi connectivity index (χ0n) is 35.4. The smallest absolute Gasteiger partial charge is 0.462 e. The monoisotopic (exact) mass is 805 g/mol. The molecule has 0 amide bonds. The Labute approximate surface area is 336 Å². The van der Waals surface area contributed by atoms with Gasteiger partial charge in [0.15, 0.2) is 6.10 Å². The molecule has 10 nitrogen and oxygen atoms in total. The summed E-state index contributed by atoms with van der Waals surface area (Å²) < 4.78 is 32.7. The fourth-order valence-corrected chi connectivity index (χ4v) is 7.19. The van der Waals surface area contributed by atoms with Crippen molar-refractivity contribution in [2.75, 3.05) is 26.4 Å². The number of rotatable bonds is 43. The first-order valence-corrected chi connectivity index (χ1v) is 24.1. The molecule has 0 aromatic heterocycles. The zero-order chi connectivity index (χ0) is 40.5. The van der Waals surface area contributed by atoms with Crippen molar-refractivity contribution in [2.24, 2.45) is 0 Å². The van der Waals surface area contributed by atoms with Gasteiger partial charge < -0.3 is 24.6 Å². The van der Waals surface area contributed by atoms with Gasteiger partial charge in [0.1, 0.15) is 12.7 Å². The zero-order valence-corrected chi connectivity index (χ0v) is 36.3. The first kappa shape index (κ1) is 53.7. The highest BCUT2D eigenvalue weighted by molar-refractivity contribution is 7.47. The Hall–Kier alpha value is -1.29. The Balaban J connectivity index is 4.20. The topological polar surface area (TPSA) is 149 Å². The summed E-state index contributed by atoms with van der Waals surface area (Å²) in [7, 11) is -4.61. The SMILES string of the molecule is CCCCCC/C=C\CCCCCCCC(=O)OC(COC(=O)CCCCCCCCCCCCCCCCCCCCC)COP(=O)(O)OCC(O)CO. The molecule has 0 aromatic rings. The maximum absolute atomic E-state index is 12.6. The van der Waals surface area contributed by atoms with E-state index < -0.39 is 51.8 Å². The van der Waals surface area contributed by atoms with Crippen LogP contribution >= 0.6 is 7.82 Å². The minimum absolute atomic E-state index is 0.178. The lowest BCUT2D eigenvalue weighted by atomic mass is 10.0. The number of esters is 2. The molecule has 3 atom stereocenters. The molecule has 11 heteroatoms. The molecule has 0 fully saturated rings. The Bertz CT molecular complexity index is 930. The molecule has 0 aliphatic heterocycles. The van der Waals surface area contributed by atoms with Gasteiger partial charge in [0.2, 0.25) is 0 Å². The van der Waals surface area contributed by atoms with E-state index in [2.05, 4.69) is 26.0 Å². The number of phosphoric acid groups is 1. The van der Waals surface area contributed by atoms with Crippen LogP contribution in [-0.4, -0.2) is 65.7 Å². The van der Waals surface area contributed by atoms with Crippen LogP contribution in [0, 0.1) is 0 Å². The fourth-order valence-electron chi connectivity index (χ4n) is 6.40.